The Hall–Kier alpha value is 0.177. The average Bonchev–Trinajstić information content (AvgIpc) is 2.23. The number of hydrogen-bond acceptors (Lipinski definition) is 1. The summed E-state index contributed by atoms with van der Waals surface area (Å²) in [6.45, 7) is 9.95. The third-order valence-corrected chi connectivity index (χ3v) is 7.97. The van der Waals surface area contributed by atoms with Crippen LogP contribution in [0.2, 0.25) is 18.1 Å². The molecule has 0 aromatic carbocycles. The van der Waals surface area contributed by atoms with Crippen LogP contribution in [-0.2, 0) is 4.43 Å². The molecule has 0 saturated carbocycles. The topological polar surface area (TPSA) is 9.23 Å². The molecule has 0 bridgehead atoms. The smallest absolute Gasteiger partial charge is 0.192 e. The second kappa shape index (κ2) is 8.48. The van der Waals surface area contributed by atoms with E-state index >= 15 is 0 Å². The first-order valence-corrected chi connectivity index (χ1v) is 8.91. The maximum absolute atomic E-state index is 6.05. The van der Waals surface area contributed by atoms with E-state index in [1.807, 2.05) is 0 Å². The number of rotatable bonds is 9. The van der Waals surface area contributed by atoms with Crippen molar-refractivity contribution in [1.82, 2.24) is 0 Å². The van der Waals surface area contributed by atoms with Crippen LogP contribution in [0.25, 0.3) is 0 Å². The van der Waals surface area contributed by atoms with Crippen molar-refractivity contribution in [3.05, 3.63) is 0 Å². The Labute approximate surface area is 91.4 Å². The van der Waals surface area contributed by atoms with Crippen molar-refractivity contribution in [2.75, 3.05) is 6.61 Å². The van der Waals surface area contributed by atoms with Crippen molar-refractivity contribution < 1.29 is 4.43 Å². The second-order valence-corrected chi connectivity index (χ2v) is 8.70. The Morgan fingerprint density at radius 2 is 1.50 bits per heavy atom. The first-order valence-electron chi connectivity index (χ1n) is 6.38. The molecule has 0 spiro atoms. The molecular formula is C12H28OSi. The summed E-state index contributed by atoms with van der Waals surface area (Å²) in [4.78, 5) is 0. The van der Waals surface area contributed by atoms with Gasteiger partial charge in [0.15, 0.2) is 8.32 Å². The van der Waals surface area contributed by atoms with Crippen molar-refractivity contribution in [2.24, 2.45) is 0 Å². The van der Waals surface area contributed by atoms with Crippen molar-refractivity contribution in [3.8, 4) is 0 Å². The minimum absolute atomic E-state index is 0.918. The van der Waals surface area contributed by atoms with E-state index in [0.717, 1.165) is 6.61 Å². The summed E-state index contributed by atoms with van der Waals surface area (Å²) in [5.74, 6) is 0. The van der Waals surface area contributed by atoms with E-state index in [2.05, 4.69) is 27.7 Å². The van der Waals surface area contributed by atoms with Crippen LogP contribution in [0.1, 0.15) is 53.4 Å². The van der Waals surface area contributed by atoms with Crippen LogP contribution >= 0.6 is 0 Å². The fraction of sp³-hybridized carbons (Fsp3) is 1.00. The molecule has 0 heterocycles. The van der Waals surface area contributed by atoms with Gasteiger partial charge >= 0.3 is 0 Å². The number of hydrogen-bond donors (Lipinski definition) is 0. The van der Waals surface area contributed by atoms with E-state index in [4.69, 9.17) is 4.43 Å². The SMILES string of the molecule is CCCCCC[Si](CC)(CC)OCC. The summed E-state index contributed by atoms with van der Waals surface area (Å²) in [7, 11) is -1.29. The highest BCUT2D eigenvalue weighted by molar-refractivity contribution is 6.73. The minimum atomic E-state index is -1.29. The molecule has 86 valence electrons. The highest BCUT2D eigenvalue weighted by atomic mass is 28.4. The van der Waals surface area contributed by atoms with E-state index in [0.29, 0.717) is 0 Å². The Morgan fingerprint density at radius 3 is 1.93 bits per heavy atom. The predicted octanol–water partition coefficient (Wildman–Crippen LogP) is 4.59. The molecule has 0 saturated heterocycles. The van der Waals surface area contributed by atoms with E-state index in [1.54, 1.807) is 0 Å². The monoisotopic (exact) mass is 216 g/mol. The van der Waals surface area contributed by atoms with Gasteiger partial charge in [-0.25, -0.2) is 0 Å². The van der Waals surface area contributed by atoms with Crippen LogP contribution in [-0.4, -0.2) is 14.9 Å². The molecule has 0 rings (SSSR count). The summed E-state index contributed by atoms with van der Waals surface area (Å²) in [5, 5.41) is 0. The quantitative estimate of drug-likeness (QED) is 0.405. The van der Waals surface area contributed by atoms with Crippen molar-refractivity contribution in [2.45, 2.75) is 71.5 Å². The van der Waals surface area contributed by atoms with Gasteiger partial charge in [-0.2, -0.15) is 0 Å². The van der Waals surface area contributed by atoms with Gasteiger partial charge in [-0.15, -0.1) is 0 Å². The fourth-order valence-electron chi connectivity index (χ4n) is 2.06. The molecule has 0 radical (unpaired) electrons. The van der Waals surface area contributed by atoms with Gasteiger partial charge in [-0.05, 0) is 25.1 Å². The lowest BCUT2D eigenvalue weighted by Crippen LogP contribution is -2.36. The first-order chi connectivity index (χ1) is 6.74. The van der Waals surface area contributed by atoms with Gasteiger partial charge in [-0.3, -0.25) is 0 Å². The summed E-state index contributed by atoms with van der Waals surface area (Å²) in [6, 6.07) is 3.97. The maximum atomic E-state index is 6.05. The molecule has 2 heteroatoms. The fourth-order valence-corrected chi connectivity index (χ4v) is 5.33. The molecule has 0 amide bonds. The normalized spacial score (nSPS) is 12.0. The van der Waals surface area contributed by atoms with E-state index in [1.165, 1.54) is 43.8 Å². The number of unbranched alkanes of at least 4 members (excludes halogenated alkanes) is 3. The van der Waals surface area contributed by atoms with Crippen molar-refractivity contribution >= 4 is 8.32 Å². The third kappa shape index (κ3) is 5.16. The van der Waals surface area contributed by atoms with Gasteiger partial charge in [0.05, 0.1) is 0 Å². The van der Waals surface area contributed by atoms with Crippen molar-refractivity contribution in [1.29, 1.82) is 0 Å². The second-order valence-electron chi connectivity index (χ2n) is 4.13. The highest BCUT2D eigenvalue weighted by Gasteiger charge is 2.29. The highest BCUT2D eigenvalue weighted by Crippen LogP contribution is 2.25. The van der Waals surface area contributed by atoms with Crippen molar-refractivity contribution in [3.63, 3.8) is 0 Å². The molecule has 0 aromatic heterocycles. The van der Waals surface area contributed by atoms with E-state index < -0.39 is 8.32 Å². The minimum Gasteiger partial charge on any atom is -0.417 e. The standard InChI is InChI=1S/C12H28OSi/c1-5-9-10-11-12-14(7-3,8-4)13-6-2/h5-12H2,1-4H3. The van der Waals surface area contributed by atoms with Crippen LogP contribution in [0.5, 0.6) is 0 Å². The van der Waals surface area contributed by atoms with Crippen LogP contribution in [0.4, 0.5) is 0 Å². The molecule has 0 aliphatic rings. The maximum Gasteiger partial charge on any atom is 0.192 e. The molecule has 0 unspecified atom stereocenters. The lowest BCUT2D eigenvalue weighted by molar-refractivity contribution is 0.318. The van der Waals surface area contributed by atoms with Crippen LogP contribution in [0.15, 0.2) is 0 Å². The summed E-state index contributed by atoms with van der Waals surface area (Å²) in [6.07, 6.45) is 5.52. The van der Waals surface area contributed by atoms with Crippen LogP contribution < -0.4 is 0 Å². The zero-order valence-corrected chi connectivity index (χ0v) is 11.6. The summed E-state index contributed by atoms with van der Waals surface area (Å²) >= 11 is 0. The lowest BCUT2D eigenvalue weighted by Gasteiger charge is -2.28. The molecule has 14 heavy (non-hydrogen) atoms. The molecule has 0 N–H and O–H groups in total. The largest absolute Gasteiger partial charge is 0.417 e. The van der Waals surface area contributed by atoms with E-state index in [9.17, 15) is 0 Å². The molecular weight excluding hydrogens is 188 g/mol. The molecule has 0 aromatic rings. The van der Waals surface area contributed by atoms with Crippen LogP contribution in [0.3, 0.4) is 0 Å². The Bertz CT molecular complexity index is 121. The summed E-state index contributed by atoms with van der Waals surface area (Å²) in [5.41, 5.74) is 0. The lowest BCUT2D eigenvalue weighted by atomic mass is 10.2. The Morgan fingerprint density at radius 1 is 0.857 bits per heavy atom. The van der Waals surface area contributed by atoms with Gasteiger partial charge < -0.3 is 4.43 Å². The Kier molecular flexibility index (Phi) is 8.59. The average molecular weight is 216 g/mol. The van der Waals surface area contributed by atoms with Gasteiger partial charge in [-0.1, -0.05) is 46.5 Å². The Balaban J connectivity index is 3.82. The molecule has 0 fully saturated rings. The summed E-state index contributed by atoms with van der Waals surface area (Å²) < 4.78 is 6.05. The first kappa shape index (κ1) is 14.2. The molecule has 0 aliphatic carbocycles. The third-order valence-electron chi connectivity index (χ3n) is 3.23. The molecule has 1 nitrogen and oxygen atoms in total. The van der Waals surface area contributed by atoms with Gasteiger partial charge in [0.2, 0.25) is 0 Å². The zero-order chi connectivity index (χ0) is 10.9. The van der Waals surface area contributed by atoms with Gasteiger partial charge in [0.1, 0.15) is 0 Å². The molecule has 0 atom stereocenters. The van der Waals surface area contributed by atoms with E-state index in [-0.39, 0.29) is 0 Å². The predicted molar refractivity (Wildman–Crippen MR) is 67.3 cm³/mol. The van der Waals surface area contributed by atoms with Gasteiger partial charge in [0, 0.05) is 6.61 Å². The van der Waals surface area contributed by atoms with Gasteiger partial charge in [0.25, 0.3) is 0 Å². The zero-order valence-electron chi connectivity index (χ0n) is 10.6. The molecule has 0 aliphatic heterocycles. The van der Waals surface area contributed by atoms with Crippen LogP contribution in [0, 0.1) is 0 Å².